The molecule has 1 N–H and O–H groups in total. The highest BCUT2D eigenvalue weighted by Gasteiger charge is 2.17. The van der Waals surface area contributed by atoms with Gasteiger partial charge in [0.25, 0.3) is 0 Å². The number of methoxy groups -OCH3 is 1. The summed E-state index contributed by atoms with van der Waals surface area (Å²) in [5.41, 5.74) is 2.18. The van der Waals surface area contributed by atoms with E-state index in [1.165, 1.54) is 0 Å². The third-order valence-electron chi connectivity index (χ3n) is 3.00. The Bertz CT molecular complexity index is 553. The summed E-state index contributed by atoms with van der Waals surface area (Å²) in [7, 11) is 1.70. The van der Waals surface area contributed by atoms with E-state index in [9.17, 15) is 0 Å². The molecule has 2 rings (SSSR count). The van der Waals surface area contributed by atoms with Crippen LogP contribution >= 0.6 is 22.6 Å². The Morgan fingerprint density at radius 1 is 1.47 bits per heavy atom. The van der Waals surface area contributed by atoms with E-state index < -0.39 is 0 Å². The predicted molar refractivity (Wildman–Crippen MR) is 84.9 cm³/mol. The lowest BCUT2D eigenvalue weighted by atomic mass is 10.0. The molecule has 0 saturated carbocycles. The van der Waals surface area contributed by atoms with Crippen molar-refractivity contribution in [2.24, 2.45) is 0 Å². The van der Waals surface area contributed by atoms with Crippen molar-refractivity contribution in [3.63, 3.8) is 0 Å². The molecule has 0 saturated heterocycles. The molecule has 0 aliphatic carbocycles. The van der Waals surface area contributed by atoms with E-state index in [4.69, 9.17) is 4.74 Å². The zero-order valence-electron chi connectivity index (χ0n) is 11.4. The average molecular weight is 371 g/mol. The van der Waals surface area contributed by atoms with Crippen LogP contribution in [0.4, 0.5) is 0 Å². The lowest BCUT2D eigenvalue weighted by molar-refractivity contribution is 0.401. The molecule has 1 aromatic heterocycles. The summed E-state index contributed by atoms with van der Waals surface area (Å²) in [5.74, 6) is 0.886. The molecule has 0 spiro atoms. The highest BCUT2D eigenvalue weighted by atomic mass is 127. The first-order valence-corrected chi connectivity index (χ1v) is 7.36. The number of nitrogens with one attached hydrogen (secondary N) is 1. The van der Waals surface area contributed by atoms with Crippen molar-refractivity contribution >= 4 is 22.6 Å². The molecular weight excluding hydrogens is 353 g/mol. The van der Waals surface area contributed by atoms with Gasteiger partial charge in [-0.3, -0.25) is 0 Å². The standard InChI is InChI=1S/C14H18IN3O/c1-4-16-10(2)14-12(6-5-7-13(14)19-3)18-9-11(15)8-17-18/h5-10,16H,4H2,1-3H3. The van der Waals surface area contributed by atoms with Gasteiger partial charge in [-0.25, -0.2) is 4.68 Å². The molecular formula is C14H18IN3O. The second kappa shape index (κ2) is 6.38. The Balaban J connectivity index is 2.53. The maximum Gasteiger partial charge on any atom is 0.125 e. The number of hydrogen-bond donors (Lipinski definition) is 1. The molecule has 0 aliphatic rings. The summed E-state index contributed by atoms with van der Waals surface area (Å²) >= 11 is 2.26. The van der Waals surface area contributed by atoms with Gasteiger partial charge in [-0.15, -0.1) is 0 Å². The Labute approximate surface area is 127 Å². The van der Waals surface area contributed by atoms with Crippen molar-refractivity contribution in [1.29, 1.82) is 0 Å². The van der Waals surface area contributed by atoms with Crippen molar-refractivity contribution in [1.82, 2.24) is 15.1 Å². The SMILES string of the molecule is CCNC(C)c1c(OC)cccc1-n1cc(I)cn1. The number of halogens is 1. The van der Waals surface area contributed by atoms with Gasteiger partial charge in [0.15, 0.2) is 0 Å². The molecule has 0 radical (unpaired) electrons. The summed E-state index contributed by atoms with van der Waals surface area (Å²) in [5, 5.41) is 7.82. The van der Waals surface area contributed by atoms with Gasteiger partial charge >= 0.3 is 0 Å². The zero-order valence-corrected chi connectivity index (χ0v) is 13.5. The highest BCUT2D eigenvalue weighted by molar-refractivity contribution is 14.1. The third kappa shape index (κ3) is 3.09. The Hall–Kier alpha value is -1.08. The van der Waals surface area contributed by atoms with Crippen LogP contribution in [0.25, 0.3) is 5.69 Å². The third-order valence-corrected chi connectivity index (χ3v) is 3.56. The summed E-state index contributed by atoms with van der Waals surface area (Å²) < 4.78 is 8.51. The molecule has 4 nitrogen and oxygen atoms in total. The van der Waals surface area contributed by atoms with Crippen LogP contribution in [-0.2, 0) is 0 Å². The first-order valence-electron chi connectivity index (χ1n) is 6.28. The summed E-state index contributed by atoms with van der Waals surface area (Å²) in [4.78, 5) is 0. The number of hydrogen-bond acceptors (Lipinski definition) is 3. The molecule has 0 bridgehead atoms. The molecule has 2 aromatic rings. The largest absolute Gasteiger partial charge is 0.496 e. The first-order chi connectivity index (χ1) is 9.17. The first kappa shape index (κ1) is 14.3. The Morgan fingerprint density at radius 2 is 2.26 bits per heavy atom. The van der Waals surface area contributed by atoms with E-state index >= 15 is 0 Å². The minimum Gasteiger partial charge on any atom is -0.496 e. The summed E-state index contributed by atoms with van der Waals surface area (Å²) in [6, 6.07) is 6.25. The number of benzene rings is 1. The van der Waals surface area contributed by atoms with Crippen LogP contribution in [-0.4, -0.2) is 23.4 Å². The molecule has 0 fully saturated rings. The summed E-state index contributed by atoms with van der Waals surface area (Å²) in [6.07, 6.45) is 3.86. The lowest BCUT2D eigenvalue weighted by Crippen LogP contribution is -2.20. The van der Waals surface area contributed by atoms with Gasteiger partial charge in [0.2, 0.25) is 0 Å². The zero-order chi connectivity index (χ0) is 13.8. The van der Waals surface area contributed by atoms with Crippen molar-refractivity contribution in [3.8, 4) is 11.4 Å². The maximum atomic E-state index is 5.50. The second-order valence-corrected chi connectivity index (χ2v) is 5.52. The molecule has 0 amide bonds. The van der Waals surface area contributed by atoms with Crippen LogP contribution in [0, 0.1) is 3.57 Å². The van der Waals surface area contributed by atoms with Gasteiger partial charge in [0.05, 0.1) is 22.6 Å². The van der Waals surface area contributed by atoms with Crippen LogP contribution in [0.1, 0.15) is 25.5 Å². The summed E-state index contributed by atoms with van der Waals surface area (Å²) in [6.45, 7) is 5.15. The van der Waals surface area contributed by atoms with Crippen LogP contribution < -0.4 is 10.1 Å². The molecule has 5 heteroatoms. The molecule has 1 heterocycles. The van der Waals surface area contributed by atoms with E-state index in [0.717, 1.165) is 27.1 Å². The molecule has 102 valence electrons. The number of rotatable bonds is 5. The molecule has 1 atom stereocenters. The van der Waals surface area contributed by atoms with Gasteiger partial charge in [-0.1, -0.05) is 13.0 Å². The van der Waals surface area contributed by atoms with Gasteiger partial charge in [0, 0.05) is 17.8 Å². The number of aromatic nitrogens is 2. The molecule has 1 aromatic carbocycles. The average Bonchev–Trinajstić information content (AvgIpc) is 2.84. The van der Waals surface area contributed by atoms with Gasteiger partial charge in [-0.05, 0) is 48.2 Å². The van der Waals surface area contributed by atoms with Crippen molar-refractivity contribution in [3.05, 3.63) is 39.7 Å². The number of nitrogens with zero attached hydrogens (tertiary/aromatic N) is 2. The Kier molecular flexibility index (Phi) is 4.81. The molecule has 0 aliphatic heterocycles. The fourth-order valence-corrected chi connectivity index (χ4v) is 2.57. The fraction of sp³-hybridized carbons (Fsp3) is 0.357. The van der Waals surface area contributed by atoms with Crippen molar-refractivity contribution in [2.45, 2.75) is 19.9 Å². The Morgan fingerprint density at radius 3 is 2.84 bits per heavy atom. The molecule has 1 unspecified atom stereocenters. The van der Waals surface area contributed by atoms with Crippen molar-refractivity contribution < 1.29 is 4.74 Å². The normalized spacial score (nSPS) is 12.4. The van der Waals surface area contributed by atoms with Crippen LogP contribution in [0.5, 0.6) is 5.75 Å². The fourth-order valence-electron chi connectivity index (χ4n) is 2.19. The minimum atomic E-state index is 0.206. The second-order valence-electron chi connectivity index (χ2n) is 4.28. The van der Waals surface area contributed by atoms with E-state index in [2.05, 4.69) is 52.9 Å². The van der Waals surface area contributed by atoms with Crippen molar-refractivity contribution in [2.75, 3.05) is 13.7 Å². The lowest BCUT2D eigenvalue weighted by Gasteiger charge is -2.20. The van der Waals surface area contributed by atoms with E-state index in [1.54, 1.807) is 7.11 Å². The molecule has 19 heavy (non-hydrogen) atoms. The monoisotopic (exact) mass is 371 g/mol. The van der Waals surface area contributed by atoms with Crippen LogP contribution in [0.3, 0.4) is 0 Å². The quantitative estimate of drug-likeness (QED) is 0.821. The van der Waals surface area contributed by atoms with Gasteiger partial charge < -0.3 is 10.1 Å². The maximum absolute atomic E-state index is 5.50. The van der Waals surface area contributed by atoms with E-state index in [-0.39, 0.29) is 6.04 Å². The topological polar surface area (TPSA) is 39.1 Å². The van der Waals surface area contributed by atoms with Gasteiger partial charge in [0.1, 0.15) is 5.75 Å². The highest BCUT2D eigenvalue weighted by Crippen LogP contribution is 2.31. The smallest absolute Gasteiger partial charge is 0.125 e. The van der Waals surface area contributed by atoms with E-state index in [0.29, 0.717) is 0 Å². The van der Waals surface area contributed by atoms with E-state index in [1.807, 2.05) is 29.2 Å². The minimum absolute atomic E-state index is 0.206. The predicted octanol–water partition coefficient (Wildman–Crippen LogP) is 3.16. The number of ether oxygens (including phenoxy) is 1. The van der Waals surface area contributed by atoms with Crippen LogP contribution in [0.15, 0.2) is 30.6 Å². The van der Waals surface area contributed by atoms with Crippen LogP contribution in [0.2, 0.25) is 0 Å². The van der Waals surface area contributed by atoms with Gasteiger partial charge in [-0.2, -0.15) is 5.10 Å².